The number of carbonyl (C=O) groups excluding carboxylic acids is 11. The maximum atomic E-state index is 15.8. The van der Waals surface area contributed by atoms with Crippen LogP contribution in [0.2, 0.25) is 0 Å². The molecule has 0 aromatic carbocycles. The molecule has 3 unspecified atom stereocenters. The van der Waals surface area contributed by atoms with Crippen molar-refractivity contribution in [1.29, 1.82) is 0 Å². The van der Waals surface area contributed by atoms with Gasteiger partial charge in [0.2, 0.25) is 11.8 Å². The van der Waals surface area contributed by atoms with Crippen LogP contribution in [0.4, 0.5) is 14.4 Å². The highest BCUT2D eigenvalue weighted by molar-refractivity contribution is 5.96. The van der Waals surface area contributed by atoms with Crippen molar-refractivity contribution in [2.24, 2.45) is 17.1 Å². The van der Waals surface area contributed by atoms with E-state index in [2.05, 4.69) is 64.7 Å². The number of cyclic esters (lactones) is 2. The molecule has 25 heteroatoms. The monoisotopic (exact) mass is 1430 g/mol. The Morgan fingerprint density at radius 2 is 0.980 bits per heavy atom. The summed E-state index contributed by atoms with van der Waals surface area (Å²) in [6.07, 6.45) is 34.5. The van der Waals surface area contributed by atoms with E-state index >= 15 is 4.79 Å². The zero-order valence-electron chi connectivity index (χ0n) is 63.5. The first kappa shape index (κ1) is 92.1. The smallest absolute Gasteiger partial charge is 0.408 e. The molecule has 3 atom stereocenters. The molecule has 1 saturated heterocycles. The highest BCUT2D eigenvalue weighted by atomic mass is 16.6. The van der Waals surface area contributed by atoms with E-state index in [0.29, 0.717) is 19.3 Å². The van der Waals surface area contributed by atoms with Crippen LogP contribution in [0.3, 0.4) is 0 Å². The van der Waals surface area contributed by atoms with E-state index in [0.717, 1.165) is 83.5 Å². The molecule has 0 spiro atoms. The second kappa shape index (κ2) is 54.7. The summed E-state index contributed by atoms with van der Waals surface area (Å²) < 4.78 is 45.0. The van der Waals surface area contributed by atoms with Crippen molar-refractivity contribution in [1.82, 2.24) is 26.6 Å². The van der Waals surface area contributed by atoms with Crippen LogP contribution in [0, 0.1) is 11.3 Å². The van der Waals surface area contributed by atoms with Crippen molar-refractivity contribution in [3.8, 4) is 0 Å². The Kier molecular flexibility index (Phi) is 49.9. The van der Waals surface area contributed by atoms with Gasteiger partial charge in [0, 0.05) is 45.3 Å². The van der Waals surface area contributed by atoms with Gasteiger partial charge in [-0.1, -0.05) is 154 Å². The minimum atomic E-state index is -2.41. The van der Waals surface area contributed by atoms with Gasteiger partial charge < -0.3 is 70.2 Å². The van der Waals surface area contributed by atoms with Crippen molar-refractivity contribution in [2.75, 3.05) is 52.7 Å². The molecule has 0 aromatic heterocycles. The molecule has 0 radical (unpaired) electrons. The molecular formula is C76H132N6O19. The fourth-order valence-electron chi connectivity index (χ4n) is 10.9. The lowest BCUT2D eigenvalue weighted by Gasteiger charge is -2.42. The Morgan fingerprint density at radius 1 is 0.564 bits per heavy atom. The molecule has 0 aliphatic carbocycles. The van der Waals surface area contributed by atoms with Gasteiger partial charge in [-0.3, -0.25) is 33.6 Å². The Balaban J connectivity index is 3.77. The third-order valence-corrected chi connectivity index (χ3v) is 16.7. The van der Waals surface area contributed by atoms with Gasteiger partial charge in [-0.05, 0) is 145 Å². The number of alkyl carbamates (subject to hydrolysis) is 3. The van der Waals surface area contributed by atoms with Crippen LogP contribution in [0.15, 0.2) is 24.3 Å². The van der Waals surface area contributed by atoms with Crippen LogP contribution < -0.4 is 32.3 Å². The summed E-state index contributed by atoms with van der Waals surface area (Å²) in [5.41, 5.74) is -0.0216. The maximum absolute atomic E-state index is 15.8. The molecule has 0 bridgehead atoms. The Morgan fingerprint density at radius 3 is 1.42 bits per heavy atom. The van der Waals surface area contributed by atoms with Crippen molar-refractivity contribution < 1.29 is 90.6 Å². The van der Waals surface area contributed by atoms with Crippen LogP contribution in [-0.4, -0.2) is 147 Å². The number of rotatable bonds is 51. The van der Waals surface area contributed by atoms with Gasteiger partial charge in [0.25, 0.3) is 5.91 Å². The normalized spacial score (nSPS) is 16.2. The minimum absolute atomic E-state index is 0.0146. The number of ether oxygens (including phenoxy) is 8. The SMILES string of the molecule is CCCCCCCCC=CCCCCCCCCOC(=O)CCC(NC(=O)C1C(C(N)=O)NC(=O)C(C)(C)OC(=O)NCCCC(=O)OCC1(COC(=O)CCCNC(=O)OC(C)(C)C)COC(=O)CCCNC(=O)OC(C)(C)C)C(=O)OCCCCCCCCC=CCCCCCCCC. The predicted octanol–water partition coefficient (Wildman–Crippen LogP) is 13.5. The van der Waals surface area contributed by atoms with E-state index in [9.17, 15) is 47.9 Å². The second-order valence-corrected chi connectivity index (χ2v) is 29.0. The first-order valence-corrected chi connectivity index (χ1v) is 37.9. The molecule has 580 valence electrons. The van der Waals surface area contributed by atoms with E-state index in [1.165, 1.54) is 90.9 Å². The average Bonchev–Trinajstić information content (AvgIpc) is 1.36. The lowest BCUT2D eigenvalue weighted by atomic mass is 9.71. The van der Waals surface area contributed by atoms with Gasteiger partial charge in [0.15, 0.2) is 5.60 Å². The first-order chi connectivity index (χ1) is 48.0. The number of carbonyl (C=O) groups is 11. The van der Waals surface area contributed by atoms with E-state index in [1.807, 2.05) is 0 Å². The third kappa shape index (κ3) is 48.6. The van der Waals surface area contributed by atoms with Gasteiger partial charge in [-0.2, -0.15) is 0 Å². The molecule has 6 amide bonds. The average molecular weight is 1430 g/mol. The number of unbranched alkanes of at least 4 members (excludes halogenated alkanes) is 24. The molecule has 1 heterocycles. The largest absolute Gasteiger partial charge is 0.466 e. The lowest BCUT2D eigenvalue weighted by molar-refractivity contribution is -0.174. The summed E-state index contributed by atoms with van der Waals surface area (Å²) in [4.78, 5) is 152. The summed E-state index contributed by atoms with van der Waals surface area (Å²) in [5, 5.41) is 12.5. The topological polar surface area (TPSA) is 348 Å². The van der Waals surface area contributed by atoms with Gasteiger partial charge >= 0.3 is 48.1 Å². The van der Waals surface area contributed by atoms with E-state index in [1.54, 1.807) is 41.5 Å². The molecule has 0 aromatic rings. The van der Waals surface area contributed by atoms with E-state index in [-0.39, 0.29) is 71.4 Å². The maximum Gasteiger partial charge on any atom is 0.408 e. The van der Waals surface area contributed by atoms with Crippen LogP contribution in [0.1, 0.15) is 300 Å². The Hall–Kier alpha value is -6.95. The van der Waals surface area contributed by atoms with Crippen LogP contribution in [0.25, 0.3) is 0 Å². The molecule has 1 fully saturated rings. The zero-order chi connectivity index (χ0) is 75.2. The van der Waals surface area contributed by atoms with Gasteiger partial charge in [-0.15, -0.1) is 0 Å². The lowest BCUT2D eigenvalue weighted by Crippen LogP contribution is -2.65. The van der Waals surface area contributed by atoms with Crippen molar-refractivity contribution in [3.05, 3.63) is 24.3 Å². The van der Waals surface area contributed by atoms with Gasteiger partial charge in [-0.25, -0.2) is 19.2 Å². The number of nitrogens with two attached hydrogens (primary N) is 1. The number of hydrogen-bond donors (Lipinski definition) is 6. The predicted molar refractivity (Wildman–Crippen MR) is 387 cm³/mol. The molecule has 1 aliphatic rings. The second-order valence-electron chi connectivity index (χ2n) is 29.0. The number of hydrogen-bond acceptors (Lipinski definition) is 19. The fourth-order valence-corrected chi connectivity index (χ4v) is 10.9. The van der Waals surface area contributed by atoms with Crippen LogP contribution in [0.5, 0.6) is 0 Å². The minimum Gasteiger partial charge on any atom is -0.466 e. The highest BCUT2D eigenvalue weighted by Crippen LogP contribution is 2.35. The summed E-state index contributed by atoms with van der Waals surface area (Å²) in [7, 11) is 0. The Bertz CT molecular complexity index is 2420. The van der Waals surface area contributed by atoms with Gasteiger partial charge in [0.05, 0.1) is 24.5 Å². The molecular weight excluding hydrogens is 1300 g/mol. The molecule has 25 nitrogen and oxygen atoms in total. The number of primary amides is 1. The van der Waals surface area contributed by atoms with Crippen molar-refractivity contribution in [2.45, 2.75) is 329 Å². The standard InChI is InChI=1S/C76H132N6O19/c1-11-13-15-17-19-21-23-25-27-29-31-33-35-37-39-41-54-94-63(86)50-49-59(68(89)95-55-42-40-38-36-34-32-30-28-26-24-22-20-18-16-14-12-2)81-67(88)64-65(66(77)87)82-69(90)75(9,10)101-72(93)80-53-45-48-62(85)98-58-76(64,56-96-60(83)46-43-51-78-70(91)99-73(3,4)5)57-97-61(84)47-44-52-79-71(92)100-74(6,7)8/h25-28,59,64-65H,11-24,29-58H2,1-10H3,(H2,77,87)(H,78,91)(H,79,92)(H,80,93)(H,81,88)(H,82,90). The Labute approximate surface area is 603 Å². The number of amides is 6. The highest BCUT2D eigenvalue weighted by Gasteiger charge is 2.54. The zero-order valence-corrected chi connectivity index (χ0v) is 63.5. The van der Waals surface area contributed by atoms with E-state index < -0.39 is 139 Å². The number of nitrogens with one attached hydrogen (secondary N) is 5. The number of allylic oxidation sites excluding steroid dienone is 4. The summed E-state index contributed by atoms with van der Waals surface area (Å²) in [5.74, 6) is -10.7. The van der Waals surface area contributed by atoms with E-state index in [4.69, 9.17) is 43.6 Å². The van der Waals surface area contributed by atoms with Crippen molar-refractivity contribution in [3.63, 3.8) is 0 Å². The van der Waals surface area contributed by atoms with Crippen molar-refractivity contribution >= 4 is 65.8 Å². The quantitative estimate of drug-likeness (QED) is 0.0143. The molecule has 101 heavy (non-hydrogen) atoms. The van der Waals surface area contributed by atoms with Gasteiger partial charge in [0.1, 0.15) is 43.1 Å². The number of esters is 5. The molecule has 1 rings (SSSR count). The summed E-state index contributed by atoms with van der Waals surface area (Å²) >= 11 is 0. The van der Waals surface area contributed by atoms with Crippen LogP contribution >= 0.6 is 0 Å². The van der Waals surface area contributed by atoms with Crippen LogP contribution in [-0.2, 0) is 76.3 Å². The molecule has 1 aliphatic heterocycles. The molecule has 7 N–H and O–H groups in total. The first-order valence-electron chi connectivity index (χ1n) is 37.9. The summed E-state index contributed by atoms with van der Waals surface area (Å²) in [6.45, 7) is 13.6. The molecule has 0 saturated carbocycles. The third-order valence-electron chi connectivity index (χ3n) is 16.7. The fraction of sp³-hybridized carbons (Fsp3) is 0.803. The summed E-state index contributed by atoms with van der Waals surface area (Å²) in [6, 6.07) is -3.94.